The second-order valence-electron chi connectivity index (χ2n) is 7.17. The lowest BCUT2D eigenvalue weighted by Crippen LogP contribution is -2.44. The summed E-state index contributed by atoms with van der Waals surface area (Å²) in [6, 6.07) is 10.5. The van der Waals surface area contributed by atoms with Crippen LogP contribution in [-0.4, -0.2) is 34.6 Å². The molecule has 0 radical (unpaired) electrons. The molecule has 2 rings (SSSR count). The highest BCUT2D eigenvalue weighted by molar-refractivity contribution is 7.89. The molecule has 0 spiro atoms. The van der Waals surface area contributed by atoms with Gasteiger partial charge in [0.05, 0.1) is 24.8 Å². The minimum Gasteiger partial charge on any atom is -0.497 e. The van der Waals surface area contributed by atoms with Crippen LogP contribution in [0.4, 0.5) is 5.69 Å². The predicted molar refractivity (Wildman–Crippen MR) is 113 cm³/mol. The van der Waals surface area contributed by atoms with Crippen molar-refractivity contribution >= 4 is 21.6 Å². The highest BCUT2D eigenvalue weighted by Crippen LogP contribution is 2.29. The first-order valence-corrected chi connectivity index (χ1v) is 10.8. The summed E-state index contributed by atoms with van der Waals surface area (Å²) in [7, 11) is -0.847. The van der Waals surface area contributed by atoms with Crippen molar-refractivity contribution in [2.75, 3.05) is 19.5 Å². The maximum Gasteiger partial charge on any atom is 0.242 e. The van der Waals surface area contributed by atoms with Gasteiger partial charge in [0.1, 0.15) is 17.5 Å². The Kier molecular flexibility index (Phi) is 7.64. The third-order valence-corrected chi connectivity index (χ3v) is 5.80. The molecule has 29 heavy (non-hydrogen) atoms. The summed E-state index contributed by atoms with van der Waals surface area (Å²) >= 11 is 0. The maximum absolute atomic E-state index is 12.9. The fraction of sp³-hybridized carbons (Fsp3) is 0.381. The van der Waals surface area contributed by atoms with E-state index in [1.807, 2.05) is 20.8 Å². The molecule has 0 fully saturated rings. The number of nitrogens with one attached hydrogen (secondary N) is 2. The lowest BCUT2D eigenvalue weighted by atomic mass is 10.0. The summed E-state index contributed by atoms with van der Waals surface area (Å²) in [5.41, 5.74) is 1.35. The van der Waals surface area contributed by atoms with Crippen LogP contribution in [0, 0.1) is 12.8 Å². The first kappa shape index (κ1) is 22.7. The maximum atomic E-state index is 12.9. The van der Waals surface area contributed by atoms with Crippen LogP contribution in [0.3, 0.4) is 0 Å². The zero-order valence-electron chi connectivity index (χ0n) is 17.4. The molecule has 0 aromatic heterocycles. The van der Waals surface area contributed by atoms with E-state index in [0.29, 0.717) is 23.6 Å². The minimum atomic E-state index is -3.85. The van der Waals surface area contributed by atoms with Gasteiger partial charge in [-0.1, -0.05) is 31.5 Å². The molecule has 0 aliphatic rings. The molecule has 0 saturated heterocycles. The quantitative estimate of drug-likeness (QED) is 0.649. The van der Waals surface area contributed by atoms with Crippen molar-refractivity contribution in [3.63, 3.8) is 0 Å². The Labute approximate surface area is 172 Å². The standard InChI is InChI=1S/C21H28N2O5S/c1-14(2)12-19(23-29(25,26)17-9-6-15(3)7-10-17)21(24)22-18-13-16(27-4)8-11-20(18)28-5/h6-11,13-14,19,23H,12H2,1-5H3,(H,22,24)/t19-/m0/s1. The molecule has 2 aromatic rings. The van der Waals surface area contributed by atoms with Gasteiger partial charge in [-0.2, -0.15) is 4.72 Å². The van der Waals surface area contributed by atoms with Gasteiger partial charge in [-0.15, -0.1) is 0 Å². The van der Waals surface area contributed by atoms with E-state index in [9.17, 15) is 13.2 Å². The Balaban J connectivity index is 2.28. The number of anilines is 1. The Morgan fingerprint density at radius 1 is 1.03 bits per heavy atom. The normalized spacial score (nSPS) is 12.5. The third kappa shape index (κ3) is 6.20. The number of sulfonamides is 1. The molecule has 2 N–H and O–H groups in total. The van der Waals surface area contributed by atoms with Gasteiger partial charge in [0.15, 0.2) is 0 Å². The number of rotatable bonds is 9. The zero-order chi connectivity index (χ0) is 21.6. The van der Waals surface area contributed by atoms with E-state index in [0.717, 1.165) is 5.56 Å². The van der Waals surface area contributed by atoms with E-state index in [1.165, 1.54) is 26.4 Å². The summed E-state index contributed by atoms with van der Waals surface area (Å²) < 4.78 is 38.6. The van der Waals surface area contributed by atoms with Crippen LogP contribution < -0.4 is 19.5 Å². The number of hydrogen-bond donors (Lipinski definition) is 2. The second-order valence-corrected chi connectivity index (χ2v) is 8.89. The Bertz CT molecular complexity index is 940. The average molecular weight is 421 g/mol. The first-order valence-electron chi connectivity index (χ1n) is 9.28. The van der Waals surface area contributed by atoms with E-state index in [2.05, 4.69) is 10.0 Å². The van der Waals surface area contributed by atoms with Gasteiger partial charge in [-0.05, 0) is 43.5 Å². The van der Waals surface area contributed by atoms with Crippen molar-refractivity contribution in [3.05, 3.63) is 48.0 Å². The molecule has 0 heterocycles. The summed E-state index contributed by atoms with van der Waals surface area (Å²) in [6.07, 6.45) is 0.337. The van der Waals surface area contributed by atoms with Crippen molar-refractivity contribution in [1.29, 1.82) is 0 Å². The summed E-state index contributed by atoms with van der Waals surface area (Å²) in [5.74, 6) is 0.616. The van der Waals surface area contributed by atoms with E-state index in [1.54, 1.807) is 30.3 Å². The average Bonchev–Trinajstić information content (AvgIpc) is 2.67. The highest BCUT2D eigenvalue weighted by atomic mass is 32.2. The van der Waals surface area contributed by atoms with Crippen molar-refractivity contribution in [2.45, 2.75) is 38.1 Å². The lowest BCUT2D eigenvalue weighted by Gasteiger charge is -2.21. The molecular weight excluding hydrogens is 392 g/mol. The number of benzene rings is 2. The highest BCUT2D eigenvalue weighted by Gasteiger charge is 2.27. The van der Waals surface area contributed by atoms with Gasteiger partial charge in [0, 0.05) is 6.07 Å². The largest absolute Gasteiger partial charge is 0.497 e. The monoisotopic (exact) mass is 420 g/mol. The van der Waals surface area contributed by atoms with Crippen molar-refractivity contribution in [3.8, 4) is 11.5 Å². The fourth-order valence-electron chi connectivity index (χ4n) is 2.78. The molecule has 7 nitrogen and oxygen atoms in total. The Morgan fingerprint density at radius 3 is 2.24 bits per heavy atom. The minimum absolute atomic E-state index is 0.0960. The number of methoxy groups -OCH3 is 2. The van der Waals surface area contributed by atoms with Gasteiger partial charge in [0.2, 0.25) is 15.9 Å². The Morgan fingerprint density at radius 2 is 1.69 bits per heavy atom. The van der Waals surface area contributed by atoms with Crippen LogP contribution in [0.1, 0.15) is 25.8 Å². The van der Waals surface area contributed by atoms with Gasteiger partial charge in [-0.25, -0.2) is 8.42 Å². The SMILES string of the molecule is COc1ccc(OC)c(NC(=O)[C@H](CC(C)C)NS(=O)(=O)c2ccc(C)cc2)c1. The van der Waals surface area contributed by atoms with E-state index in [-0.39, 0.29) is 10.8 Å². The van der Waals surface area contributed by atoms with E-state index < -0.39 is 22.0 Å². The molecule has 1 amide bonds. The topological polar surface area (TPSA) is 93.7 Å². The molecule has 2 aromatic carbocycles. The molecule has 1 atom stereocenters. The number of carbonyl (C=O) groups is 1. The van der Waals surface area contributed by atoms with Crippen LogP contribution in [0.25, 0.3) is 0 Å². The van der Waals surface area contributed by atoms with Gasteiger partial charge in [0.25, 0.3) is 0 Å². The lowest BCUT2D eigenvalue weighted by molar-refractivity contribution is -0.118. The van der Waals surface area contributed by atoms with Crippen LogP contribution >= 0.6 is 0 Å². The first-order chi connectivity index (χ1) is 13.7. The molecule has 0 bridgehead atoms. The molecular formula is C21H28N2O5S. The summed E-state index contributed by atoms with van der Waals surface area (Å²) in [5, 5.41) is 2.75. The number of amides is 1. The van der Waals surface area contributed by atoms with Gasteiger partial charge < -0.3 is 14.8 Å². The van der Waals surface area contributed by atoms with E-state index in [4.69, 9.17) is 9.47 Å². The fourth-order valence-corrected chi connectivity index (χ4v) is 3.99. The van der Waals surface area contributed by atoms with E-state index >= 15 is 0 Å². The molecule has 0 aliphatic carbocycles. The number of carbonyl (C=O) groups excluding carboxylic acids is 1. The number of aryl methyl sites for hydroxylation is 1. The molecule has 0 unspecified atom stereocenters. The summed E-state index contributed by atoms with van der Waals surface area (Å²) in [6.45, 7) is 5.72. The zero-order valence-corrected chi connectivity index (χ0v) is 18.2. The van der Waals surface area contributed by atoms with Crippen LogP contribution in [-0.2, 0) is 14.8 Å². The predicted octanol–water partition coefficient (Wildman–Crippen LogP) is 3.34. The summed E-state index contributed by atoms with van der Waals surface area (Å²) in [4.78, 5) is 13.1. The van der Waals surface area contributed by atoms with Crippen molar-refractivity contribution in [2.24, 2.45) is 5.92 Å². The third-order valence-electron chi connectivity index (χ3n) is 4.32. The molecule has 0 saturated carbocycles. The molecule has 8 heteroatoms. The van der Waals surface area contributed by atoms with Crippen LogP contribution in [0.5, 0.6) is 11.5 Å². The Hall–Kier alpha value is -2.58. The van der Waals surface area contributed by atoms with Gasteiger partial charge >= 0.3 is 0 Å². The molecule has 158 valence electrons. The van der Waals surface area contributed by atoms with Crippen LogP contribution in [0.15, 0.2) is 47.4 Å². The number of hydrogen-bond acceptors (Lipinski definition) is 5. The number of ether oxygens (including phenoxy) is 2. The second kappa shape index (κ2) is 9.76. The van der Waals surface area contributed by atoms with Gasteiger partial charge in [-0.3, -0.25) is 4.79 Å². The van der Waals surface area contributed by atoms with Crippen LogP contribution in [0.2, 0.25) is 0 Å². The smallest absolute Gasteiger partial charge is 0.242 e. The molecule has 0 aliphatic heterocycles. The van der Waals surface area contributed by atoms with Crippen molar-refractivity contribution in [1.82, 2.24) is 4.72 Å². The van der Waals surface area contributed by atoms with Crippen molar-refractivity contribution < 1.29 is 22.7 Å².